The van der Waals surface area contributed by atoms with Crippen LogP contribution in [-0.2, 0) is 49.2 Å². The van der Waals surface area contributed by atoms with Gasteiger partial charge in [0.1, 0.15) is 0 Å². The molecule has 0 aliphatic heterocycles. The Hall–Kier alpha value is -0.211. The largest absolute Gasteiger partial charge is 0 e. The summed E-state index contributed by atoms with van der Waals surface area (Å²) in [6.45, 7) is 18.0. The van der Waals surface area contributed by atoms with Gasteiger partial charge >= 0.3 is 53.8 Å². The molecule has 0 saturated heterocycles. The molecule has 92 valence electrons. The van der Waals surface area contributed by atoms with Gasteiger partial charge in [0.25, 0.3) is 0 Å². The molecule has 0 atom stereocenters. The first-order valence-corrected chi connectivity index (χ1v) is 3.88. The second-order valence-electron chi connectivity index (χ2n) is 0.862. The van der Waals surface area contributed by atoms with E-state index >= 15 is 0 Å². The molecule has 0 N–H and O–H groups in total. The summed E-state index contributed by atoms with van der Waals surface area (Å²) in [4.78, 5) is 0. The minimum atomic E-state index is -1.36. The predicted octanol–water partition coefficient (Wildman–Crippen LogP) is 0.732. The maximum atomic E-state index is 7.50. The average molecular weight is 293 g/mol. The van der Waals surface area contributed by atoms with E-state index in [4.69, 9.17) is 32.2 Å². The summed E-state index contributed by atoms with van der Waals surface area (Å²) < 4.78 is 44.1. The second-order valence-corrected chi connectivity index (χ2v) is 2.59. The van der Waals surface area contributed by atoms with Gasteiger partial charge < -0.3 is 0 Å². The van der Waals surface area contributed by atoms with Gasteiger partial charge in [0, 0.05) is 17.1 Å². The van der Waals surface area contributed by atoms with Crippen molar-refractivity contribution in [3.8, 4) is 0 Å². The molecular formula is C7H10FeO7P+. The van der Waals surface area contributed by atoms with Gasteiger partial charge in [0.05, 0.1) is 21.3 Å². The van der Waals surface area contributed by atoms with E-state index in [1.165, 1.54) is 0 Å². The van der Waals surface area contributed by atoms with Gasteiger partial charge in [-0.1, -0.05) is 0 Å². The molecular weight excluding hydrogens is 283 g/mol. The van der Waals surface area contributed by atoms with Gasteiger partial charge in [-0.2, -0.15) is 13.6 Å². The van der Waals surface area contributed by atoms with Crippen molar-refractivity contribution in [1.29, 1.82) is 0 Å². The minimum absolute atomic E-state index is 0. The second kappa shape index (κ2) is 83.9. The van der Waals surface area contributed by atoms with E-state index in [2.05, 4.69) is 26.6 Å². The first-order chi connectivity index (χ1) is 7.35. The molecule has 0 amide bonds. The zero-order valence-corrected chi connectivity index (χ0v) is 10.8. The van der Waals surface area contributed by atoms with Crippen LogP contribution in [0.1, 0.15) is 0 Å². The maximum Gasteiger partial charge on any atom is 0 e. The van der Waals surface area contributed by atoms with Gasteiger partial charge in [-0.05, 0) is 0 Å². The molecule has 9 heteroatoms. The third kappa shape index (κ3) is 67.3. The van der Waals surface area contributed by atoms with Crippen LogP contribution in [0.3, 0.4) is 0 Å². The Labute approximate surface area is 106 Å². The predicted molar refractivity (Wildman–Crippen MR) is 45.1 cm³/mol. The Bertz CT molecular complexity index is 122. The Morgan fingerprint density at radius 3 is 0.750 bits per heavy atom. The van der Waals surface area contributed by atoms with Gasteiger partial charge in [-0.15, -0.1) is 0 Å². The van der Waals surface area contributed by atoms with Crippen LogP contribution in [0, 0.1) is 26.6 Å². The van der Waals surface area contributed by atoms with Crippen LogP contribution in [0.25, 0.3) is 0 Å². The Balaban J connectivity index is -0.0000000238. The normalized spacial score (nSPS) is 5.00. The molecule has 0 fully saturated rings. The van der Waals surface area contributed by atoms with E-state index in [0.717, 1.165) is 0 Å². The fraction of sp³-hybridized carbons (Fsp3) is 0.429. The van der Waals surface area contributed by atoms with E-state index in [9.17, 15) is 0 Å². The van der Waals surface area contributed by atoms with Gasteiger partial charge in [-0.25, -0.2) is 0 Å². The summed E-state index contributed by atoms with van der Waals surface area (Å²) >= 11 is 0. The smallest absolute Gasteiger partial charge is 0 e. The topological polar surface area (TPSA) is 107 Å². The summed E-state index contributed by atoms with van der Waals surface area (Å²) in [5.74, 6) is 0. The van der Waals surface area contributed by atoms with Crippen molar-refractivity contribution in [3.63, 3.8) is 0 Å². The fourth-order valence-electron chi connectivity index (χ4n) is 0.250. The zero-order chi connectivity index (χ0) is 13.7. The molecule has 0 aromatic heterocycles. The molecule has 0 aromatic rings. The van der Waals surface area contributed by atoms with Crippen LogP contribution < -0.4 is 0 Å². The standard InChI is InChI=1S/C3H10O3P.4CO.Fe/c1-4-7(5-2)6-3;4*1-2;/h7H,1-3H3;;;;;/q+1;;;;;. The Morgan fingerprint density at radius 1 is 0.625 bits per heavy atom. The van der Waals surface area contributed by atoms with Gasteiger partial charge in [-0.3, -0.25) is 0 Å². The Kier molecular flexibility index (Phi) is 189. The first kappa shape index (κ1) is 36.0. The van der Waals surface area contributed by atoms with Crippen molar-refractivity contribution < 1.29 is 49.2 Å². The number of rotatable bonds is 3. The van der Waals surface area contributed by atoms with Crippen molar-refractivity contribution >= 4 is 8.60 Å². The first-order valence-electron chi connectivity index (χ1n) is 2.65. The third-order valence-corrected chi connectivity index (χ3v) is 1.50. The van der Waals surface area contributed by atoms with Crippen molar-refractivity contribution in [3.05, 3.63) is 26.6 Å². The van der Waals surface area contributed by atoms with Gasteiger partial charge in [0.2, 0.25) is 0 Å². The summed E-state index contributed by atoms with van der Waals surface area (Å²) in [6.07, 6.45) is 0. The van der Waals surface area contributed by atoms with Crippen molar-refractivity contribution in [1.82, 2.24) is 0 Å². The van der Waals surface area contributed by atoms with Crippen LogP contribution in [0.2, 0.25) is 0 Å². The molecule has 0 saturated carbocycles. The number of hydrogen-bond donors (Lipinski definition) is 0. The molecule has 0 unspecified atom stereocenters. The molecule has 0 aliphatic rings. The van der Waals surface area contributed by atoms with Crippen LogP contribution in [0.4, 0.5) is 0 Å². The van der Waals surface area contributed by atoms with Crippen molar-refractivity contribution in [2.24, 2.45) is 0 Å². The van der Waals surface area contributed by atoms with Crippen LogP contribution >= 0.6 is 8.60 Å². The molecule has 0 aliphatic carbocycles. The minimum Gasteiger partial charge on any atom is 0 e. The SMILES string of the molecule is CO[PH+](OC)OC.[C-]#[O+].[C-]#[O+].[C-]#[O+].[C-]#[O+].[Fe]. The fourth-order valence-corrected chi connectivity index (χ4v) is 0.750. The number of hydrogen-bond acceptors (Lipinski definition) is 3. The van der Waals surface area contributed by atoms with Gasteiger partial charge in [0.15, 0.2) is 0 Å². The Morgan fingerprint density at radius 2 is 0.750 bits per heavy atom. The molecule has 16 heavy (non-hydrogen) atoms. The summed E-state index contributed by atoms with van der Waals surface area (Å²) in [5.41, 5.74) is 0. The van der Waals surface area contributed by atoms with Crippen LogP contribution in [0.15, 0.2) is 0 Å². The molecule has 0 rings (SSSR count). The molecule has 0 aromatic carbocycles. The van der Waals surface area contributed by atoms with E-state index < -0.39 is 8.60 Å². The summed E-state index contributed by atoms with van der Waals surface area (Å²) in [6, 6.07) is 0. The zero-order valence-electron chi connectivity index (χ0n) is 8.71. The van der Waals surface area contributed by atoms with Crippen LogP contribution in [0.5, 0.6) is 0 Å². The van der Waals surface area contributed by atoms with E-state index in [1.807, 2.05) is 0 Å². The van der Waals surface area contributed by atoms with Crippen molar-refractivity contribution in [2.45, 2.75) is 0 Å². The summed E-state index contributed by atoms with van der Waals surface area (Å²) in [5, 5.41) is 0. The molecule has 0 heterocycles. The van der Waals surface area contributed by atoms with E-state index in [1.54, 1.807) is 21.3 Å². The quantitative estimate of drug-likeness (QED) is 0.331. The molecule has 0 radical (unpaired) electrons. The summed E-state index contributed by atoms with van der Waals surface area (Å²) in [7, 11) is 3.31. The third-order valence-electron chi connectivity index (χ3n) is 0.500. The van der Waals surface area contributed by atoms with E-state index in [-0.39, 0.29) is 17.1 Å². The average Bonchev–Trinajstić information content (AvgIpc) is 2.41. The van der Waals surface area contributed by atoms with Crippen molar-refractivity contribution in [2.75, 3.05) is 21.3 Å². The molecule has 0 spiro atoms. The monoisotopic (exact) mass is 293 g/mol. The molecule has 7 nitrogen and oxygen atoms in total. The van der Waals surface area contributed by atoms with Crippen LogP contribution in [-0.4, -0.2) is 21.3 Å². The van der Waals surface area contributed by atoms with E-state index in [0.29, 0.717) is 0 Å². The molecule has 0 bridgehead atoms. The maximum absolute atomic E-state index is 7.50.